The number of para-hydroxylation sites is 1. The third kappa shape index (κ3) is 2.64. The van der Waals surface area contributed by atoms with E-state index in [1.807, 2.05) is 6.07 Å². The molecule has 0 fully saturated rings. The molecule has 1 heterocycles. The topological polar surface area (TPSA) is 38.0 Å². The molecule has 0 amide bonds. The van der Waals surface area contributed by atoms with Crippen LogP contribution in [0.3, 0.4) is 0 Å². The summed E-state index contributed by atoms with van der Waals surface area (Å²) in [7, 11) is 0. The summed E-state index contributed by atoms with van der Waals surface area (Å²) < 4.78 is 13.3. The first-order valence-corrected chi connectivity index (χ1v) is 6.70. The minimum absolute atomic E-state index is 0.00702. The van der Waals surface area contributed by atoms with Crippen LogP contribution in [0, 0.1) is 5.82 Å². The fourth-order valence-electron chi connectivity index (χ4n) is 1.76. The van der Waals surface area contributed by atoms with Crippen molar-refractivity contribution in [2.75, 3.05) is 17.6 Å². The zero-order chi connectivity index (χ0) is 13.2. The van der Waals surface area contributed by atoms with E-state index in [2.05, 4.69) is 30.6 Å². The highest BCUT2D eigenvalue weighted by Crippen LogP contribution is 2.29. The van der Waals surface area contributed by atoms with Gasteiger partial charge in [-0.05, 0) is 23.6 Å². The number of halogens is 1. The smallest absolute Gasteiger partial charge is 0.148 e. The normalized spacial score (nSPS) is 11.5. The first-order valence-electron chi connectivity index (χ1n) is 5.82. The van der Waals surface area contributed by atoms with Crippen molar-refractivity contribution in [3.8, 4) is 0 Å². The second-order valence-corrected chi connectivity index (χ2v) is 5.86. The van der Waals surface area contributed by atoms with Gasteiger partial charge in [-0.15, -0.1) is 11.3 Å². The molecule has 0 unspecified atom stereocenters. The first kappa shape index (κ1) is 12.9. The molecule has 2 nitrogen and oxygen atoms in total. The summed E-state index contributed by atoms with van der Waals surface area (Å²) in [5, 5.41) is 5.29. The summed E-state index contributed by atoms with van der Waals surface area (Å²) in [6.45, 7) is 5.02. The molecule has 96 valence electrons. The Balaban J connectivity index is 2.10. The predicted octanol–water partition coefficient (Wildman–Crippen LogP) is 3.86. The van der Waals surface area contributed by atoms with Gasteiger partial charge in [0.2, 0.25) is 0 Å². The van der Waals surface area contributed by atoms with E-state index in [1.165, 1.54) is 10.9 Å². The Kier molecular flexibility index (Phi) is 3.57. The van der Waals surface area contributed by atoms with Crippen LogP contribution in [-0.2, 0) is 5.41 Å². The lowest BCUT2D eigenvalue weighted by Gasteiger charge is -2.24. The molecular weight excluding hydrogens is 247 g/mol. The Morgan fingerprint density at radius 2 is 2.06 bits per heavy atom. The molecule has 0 aliphatic heterocycles. The molecule has 1 aromatic carbocycles. The van der Waals surface area contributed by atoms with Gasteiger partial charge in [0, 0.05) is 16.8 Å². The number of anilines is 2. The van der Waals surface area contributed by atoms with Gasteiger partial charge in [0.05, 0.1) is 11.4 Å². The van der Waals surface area contributed by atoms with E-state index >= 15 is 0 Å². The molecule has 0 bridgehead atoms. The zero-order valence-corrected chi connectivity index (χ0v) is 11.4. The quantitative estimate of drug-likeness (QED) is 0.823. The van der Waals surface area contributed by atoms with Crippen LogP contribution < -0.4 is 11.1 Å². The number of nitrogen functional groups attached to an aromatic ring is 1. The summed E-state index contributed by atoms with van der Waals surface area (Å²) >= 11 is 1.73. The number of rotatable bonds is 4. The molecule has 0 spiro atoms. The fraction of sp³-hybridized carbons (Fsp3) is 0.286. The Morgan fingerprint density at radius 1 is 1.28 bits per heavy atom. The molecule has 2 rings (SSSR count). The molecule has 0 radical (unpaired) electrons. The first-order chi connectivity index (χ1) is 8.50. The molecule has 1 aromatic heterocycles. The number of benzene rings is 1. The Morgan fingerprint density at radius 3 is 2.72 bits per heavy atom. The van der Waals surface area contributed by atoms with Gasteiger partial charge < -0.3 is 11.1 Å². The summed E-state index contributed by atoms with van der Waals surface area (Å²) in [6.07, 6.45) is 0. The molecule has 18 heavy (non-hydrogen) atoms. The minimum Gasteiger partial charge on any atom is -0.395 e. The number of hydrogen-bond donors (Lipinski definition) is 2. The van der Waals surface area contributed by atoms with E-state index in [4.69, 9.17) is 5.73 Å². The van der Waals surface area contributed by atoms with E-state index < -0.39 is 0 Å². The zero-order valence-electron chi connectivity index (χ0n) is 10.5. The molecular formula is C14H17FN2S. The van der Waals surface area contributed by atoms with Crippen molar-refractivity contribution < 1.29 is 4.39 Å². The SMILES string of the molecule is CC(C)(CNc1cccc(F)c1N)c1cccs1. The van der Waals surface area contributed by atoms with E-state index in [-0.39, 0.29) is 16.9 Å². The molecule has 0 atom stereocenters. The van der Waals surface area contributed by atoms with Crippen molar-refractivity contribution >= 4 is 22.7 Å². The monoisotopic (exact) mass is 264 g/mol. The van der Waals surface area contributed by atoms with Crippen molar-refractivity contribution in [3.05, 3.63) is 46.4 Å². The van der Waals surface area contributed by atoms with Crippen molar-refractivity contribution in [1.82, 2.24) is 0 Å². The Labute approximate surface area is 111 Å². The molecule has 4 heteroatoms. The van der Waals surface area contributed by atoms with Crippen LogP contribution in [0.1, 0.15) is 18.7 Å². The van der Waals surface area contributed by atoms with Crippen LogP contribution in [-0.4, -0.2) is 6.54 Å². The standard InChI is InChI=1S/C14H17FN2S/c1-14(2,12-7-4-8-18-12)9-17-11-6-3-5-10(15)13(11)16/h3-8,17H,9,16H2,1-2H3. The minimum atomic E-state index is -0.381. The van der Waals surface area contributed by atoms with Gasteiger partial charge in [0.1, 0.15) is 5.82 Å². The maximum absolute atomic E-state index is 13.3. The van der Waals surface area contributed by atoms with Crippen molar-refractivity contribution in [2.24, 2.45) is 0 Å². The van der Waals surface area contributed by atoms with Gasteiger partial charge in [-0.25, -0.2) is 4.39 Å². The highest BCUT2D eigenvalue weighted by molar-refractivity contribution is 7.10. The predicted molar refractivity (Wildman–Crippen MR) is 76.6 cm³/mol. The van der Waals surface area contributed by atoms with Crippen LogP contribution in [0.15, 0.2) is 35.7 Å². The lowest BCUT2D eigenvalue weighted by molar-refractivity contribution is 0.569. The van der Waals surface area contributed by atoms with Gasteiger partial charge in [-0.3, -0.25) is 0 Å². The van der Waals surface area contributed by atoms with Crippen molar-refractivity contribution in [3.63, 3.8) is 0 Å². The third-order valence-corrected chi connectivity index (χ3v) is 4.20. The lowest BCUT2D eigenvalue weighted by atomic mass is 9.91. The number of nitrogens with two attached hydrogens (primary N) is 1. The van der Waals surface area contributed by atoms with Crippen LogP contribution in [0.5, 0.6) is 0 Å². The molecule has 0 saturated heterocycles. The average Bonchev–Trinajstić information content (AvgIpc) is 2.85. The second kappa shape index (κ2) is 4.98. The van der Waals surface area contributed by atoms with Gasteiger partial charge in [-0.1, -0.05) is 26.0 Å². The Bertz CT molecular complexity index is 521. The van der Waals surface area contributed by atoms with E-state index in [0.29, 0.717) is 12.2 Å². The molecule has 0 aliphatic rings. The molecule has 0 saturated carbocycles. The number of thiophene rings is 1. The second-order valence-electron chi connectivity index (χ2n) is 4.92. The molecule has 3 N–H and O–H groups in total. The van der Waals surface area contributed by atoms with E-state index in [9.17, 15) is 4.39 Å². The number of nitrogens with one attached hydrogen (secondary N) is 1. The maximum atomic E-state index is 13.3. The summed E-state index contributed by atoms with van der Waals surface area (Å²) in [5.74, 6) is -0.381. The van der Waals surface area contributed by atoms with Gasteiger partial charge in [0.25, 0.3) is 0 Å². The summed E-state index contributed by atoms with van der Waals surface area (Å²) in [6, 6.07) is 8.97. The van der Waals surface area contributed by atoms with Gasteiger partial charge >= 0.3 is 0 Å². The molecule has 0 aliphatic carbocycles. The largest absolute Gasteiger partial charge is 0.395 e. The van der Waals surface area contributed by atoms with Crippen molar-refractivity contribution in [1.29, 1.82) is 0 Å². The van der Waals surface area contributed by atoms with E-state index in [1.54, 1.807) is 23.5 Å². The third-order valence-electron chi connectivity index (χ3n) is 2.96. The van der Waals surface area contributed by atoms with Crippen LogP contribution >= 0.6 is 11.3 Å². The Hall–Kier alpha value is -1.55. The maximum Gasteiger partial charge on any atom is 0.148 e. The van der Waals surface area contributed by atoms with Crippen molar-refractivity contribution in [2.45, 2.75) is 19.3 Å². The van der Waals surface area contributed by atoms with Crippen LogP contribution in [0.25, 0.3) is 0 Å². The van der Waals surface area contributed by atoms with Gasteiger partial charge in [-0.2, -0.15) is 0 Å². The number of hydrogen-bond acceptors (Lipinski definition) is 3. The summed E-state index contributed by atoms with van der Waals surface area (Å²) in [4.78, 5) is 1.30. The van der Waals surface area contributed by atoms with Gasteiger partial charge in [0.15, 0.2) is 0 Å². The highest BCUT2D eigenvalue weighted by Gasteiger charge is 2.21. The highest BCUT2D eigenvalue weighted by atomic mass is 32.1. The average molecular weight is 264 g/mol. The fourth-order valence-corrected chi connectivity index (χ4v) is 2.61. The molecule has 2 aromatic rings. The van der Waals surface area contributed by atoms with E-state index in [0.717, 1.165) is 0 Å². The lowest BCUT2D eigenvalue weighted by Crippen LogP contribution is -2.26. The summed E-state index contributed by atoms with van der Waals surface area (Å²) in [5.41, 5.74) is 6.52. The van der Waals surface area contributed by atoms with Crippen LogP contribution in [0.4, 0.5) is 15.8 Å². The van der Waals surface area contributed by atoms with Crippen LogP contribution in [0.2, 0.25) is 0 Å².